The van der Waals surface area contributed by atoms with E-state index in [0.717, 1.165) is 24.0 Å². The van der Waals surface area contributed by atoms with Gasteiger partial charge in [-0.1, -0.05) is 30.0 Å². The number of aryl methyl sites for hydroxylation is 1. The van der Waals surface area contributed by atoms with Crippen LogP contribution in [0.15, 0.2) is 59.8 Å². The minimum absolute atomic E-state index is 0.00922. The molecule has 2 aromatic heterocycles. The van der Waals surface area contributed by atoms with E-state index >= 15 is 0 Å². The zero-order chi connectivity index (χ0) is 21.9. The van der Waals surface area contributed by atoms with Crippen molar-refractivity contribution in [2.45, 2.75) is 25.0 Å². The van der Waals surface area contributed by atoms with Crippen LogP contribution in [-0.4, -0.2) is 27.1 Å². The number of nitrogens with zero attached hydrogens (tertiary/aromatic N) is 2. The number of aromatic nitrogens is 2. The van der Waals surface area contributed by atoms with Gasteiger partial charge in [0.1, 0.15) is 0 Å². The summed E-state index contributed by atoms with van der Waals surface area (Å²) in [5, 5.41) is 0.322. The van der Waals surface area contributed by atoms with Gasteiger partial charge in [-0.2, -0.15) is 13.2 Å². The molecule has 3 rings (SSSR count). The van der Waals surface area contributed by atoms with Gasteiger partial charge in [0.15, 0.2) is 5.78 Å². The van der Waals surface area contributed by atoms with Gasteiger partial charge >= 0.3 is 6.18 Å². The van der Waals surface area contributed by atoms with E-state index in [-0.39, 0.29) is 17.4 Å². The molecule has 3 aromatic rings. The third-order valence-corrected chi connectivity index (χ3v) is 5.34. The number of rotatable bonds is 6. The maximum absolute atomic E-state index is 12.6. The van der Waals surface area contributed by atoms with E-state index in [9.17, 15) is 22.8 Å². The molecule has 1 amide bonds. The standard InChI is InChI=1S/C21H18F3N3O2S/c1-13-10-17(14(2)27(13)26-20(29)15-6-4-3-5-7-15)18(28)12-30-19-9-8-16(11-25-19)21(22,23)24/h3-11H,12H2,1-2H3,(H,26,29). The van der Waals surface area contributed by atoms with Crippen LogP contribution < -0.4 is 5.43 Å². The van der Waals surface area contributed by atoms with Crippen molar-refractivity contribution in [3.63, 3.8) is 0 Å². The Morgan fingerprint density at radius 2 is 1.80 bits per heavy atom. The zero-order valence-corrected chi connectivity index (χ0v) is 17.0. The fourth-order valence-corrected chi connectivity index (χ4v) is 3.55. The largest absolute Gasteiger partial charge is 0.417 e. The molecular formula is C21H18F3N3O2S. The van der Waals surface area contributed by atoms with Crippen molar-refractivity contribution in [1.82, 2.24) is 9.66 Å². The number of halogens is 3. The maximum atomic E-state index is 12.6. The third-order valence-electron chi connectivity index (χ3n) is 4.40. The first-order valence-corrected chi connectivity index (χ1v) is 9.90. The minimum Gasteiger partial charge on any atom is -0.293 e. The van der Waals surface area contributed by atoms with Crippen LogP contribution in [0.3, 0.4) is 0 Å². The van der Waals surface area contributed by atoms with Crippen LogP contribution in [0.1, 0.15) is 37.7 Å². The van der Waals surface area contributed by atoms with Crippen LogP contribution in [0.5, 0.6) is 0 Å². The molecule has 0 atom stereocenters. The molecule has 0 aliphatic carbocycles. The van der Waals surface area contributed by atoms with Gasteiger partial charge in [0.05, 0.1) is 16.3 Å². The highest BCUT2D eigenvalue weighted by Crippen LogP contribution is 2.29. The number of hydrogen-bond acceptors (Lipinski definition) is 4. The van der Waals surface area contributed by atoms with Gasteiger partial charge in [0, 0.05) is 28.7 Å². The number of alkyl halides is 3. The summed E-state index contributed by atoms with van der Waals surface area (Å²) in [6.07, 6.45) is -3.70. The lowest BCUT2D eigenvalue weighted by Gasteiger charge is -2.11. The summed E-state index contributed by atoms with van der Waals surface area (Å²) in [6, 6.07) is 12.5. The molecule has 0 unspecified atom stereocenters. The van der Waals surface area contributed by atoms with Gasteiger partial charge < -0.3 is 0 Å². The van der Waals surface area contributed by atoms with Crippen LogP contribution in [0.4, 0.5) is 13.2 Å². The lowest BCUT2D eigenvalue weighted by Crippen LogP contribution is -2.25. The van der Waals surface area contributed by atoms with Crippen LogP contribution in [0.2, 0.25) is 0 Å². The number of Topliss-reactive ketones (excluding diaryl/α,β-unsaturated/α-hetero) is 1. The first-order chi connectivity index (χ1) is 14.2. The predicted molar refractivity (Wildman–Crippen MR) is 108 cm³/mol. The van der Waals surface area contributed by atoms with Gasteiger partial charge in [0.25, 0.3) is 5.91 Å². The van der Waals surface area contributed by atoms with Gasteiger partial charge in [-0.05, 0) is 44.2 Å². The summed E-state index contributed by atoms with van der Waals surface area (Å²) in [7, 11) is 0. The molecule has 0 aliphatic heterocycles. The maximum Gasteiger partial charge on any atom is 0.417 e. The molecule has 9 heteroatoms. The Bertz CT molecular complexity index is 1060. The molecule has 0 saturated heterocycles. The van der Waals surface area contributed by atoms with E-state index < -0.39 is 11.7 Å². The number of carbonyl (C=O) groups excluding carboxylic acids is 2. The Hall–Kier alpha value is -3.07. The van der Waals surface area contributed by atoms with Gasteiger partial charge in [0.2, 0.25) is 0 Å². The Morgan fingerprint density at radius 3 is 2.40 bits per heavy atom. The number of hydrogen-bond donors (Lipinski definition) is 1. The van der Waals surface area contributed by atoms with Gasteiger partial charge in [-0.25, -0.2) is 4.98 Å². The average molecular weight is 433 g/mol. The van der Waals surface area contributed by atoms with E-state index in [2.05, 4.69) is 10.4 Å². The van der Waals surface area contributed by atoms with Crippen LogP contribution in [0, 0.1) is 13.8 Å². The molecular weight excluding hydrogens is 415 g/mol. The van der Waals surface area contributed by atoms with Crippen LogP contribution in [0.25, 0.3) is 0 Å². The highest BCUT2D eigenvalue weighted by molar-refractivity contribution is 7.99. The van der Waals surface area contributed by atoms with Crippen molar-refractivity contribution >= 4 is 23.5 Å². The quantitative estimate of drug-likeness (QED) is 0.445. The lowest BCUT2D eigenvalue weighted by molar-refractivity contribution is -0.137. The molecule has 30 heavy (non-hydrogen) atoms. The molecule has 2 heterocycles. The van der Waals surface area contributed by atoms with Crippen LogP contribution in [-0.2, 0) is 6.18 Å². The van der Waals surface area contributed by atoms with E-state index in [1.165, 1.54) is 6.07 Å². The van der Waals surface area contributed by atoms with Gasteiger partial charge in [-0.15, -0.1) is 0 Å². The molecule has 0 radical (unpaired) electrons. The Balaban J connectivity index is 1.68. The first-order valence-electron chi connectivity index (χ1n) is 8.91. The Kier molecular flexibility index (Phi) is 6.31. The van der Waals surface area contributed by atoms with Gasteiger partial charge in [-0.3, -0.25) is 19.7 Å². The second-order valence-electron chi connectivity index (χ2n) is 6.52. The normalized spacial score (nSPS) is 11.4. The zero-order valence-electron chi connectivity index (χ0n) is 16.2. The van der Waals surface area contributed by atoms with E-state index in [4.69, 9.17) is 0 Å². The highest BCUT2D eigenvalue weighted by atomic mass is 32.2. The van der Waals surface area contributed by atoms with Crippen molar-refractivity contribution in [3.05, 3.63) is 82.8 Å². The number of nitrogens with one attached hydrogen (secondary N) is 1. The lowest BCUT2D eigenvalue weighted by atomic mass is 10.2. The fraction of sp³-hybridized carbons (Fsp3) is 0.190. The monoisotopic (exact) mass is 433 g/mol. The smallest absolute Gasteiger partial charge is 0.293 e. The molecule has 5 nitrogen and oxygen atoms in total. The number of ketones is 1. The summed E-state index contributed by atoms with van der Waals surface area (Å²) in [6.45, 7) is 3.48. The summed E-state index contributed by atoms with van der Waals surface area (Å²) in [4.78, 5) is 28.8. The number of thioether (sulfide) groups is 1. The minimum atomic E-state index is -4.45. The molecule has 0 spiro atoms. The van der Waals surface area contributed by atoms with Crippen molar-refractivity contribution in [3.8, 4) is 0 Å². The second kappa shape index (κ2) is 8.74. The fourth-order valence-electron chi connectivity index (χ4n) is 2.82. The topological polar surface area (TPSA) is 64.0 Å². The number of benzene rings is 1. The Labute approximate surface area is 175 Å². The van der Waals surface area contributed by atoms with Crippen molar-refractivity contribution in [1.29, 1.82) is 0 Å². The van der Waals surface area contributed by atoms with E-state index in [0.29, 0.717) is 27.5 Å². The van der Waals surface area contributed by atoms with Crippen molar-refractivity contribution in [2.75, 3.05) is 11.2 Å². The second-order valence-corrected chi connectivity index (χ2v) is 7.52. The molecule has 1 N–H and O–H groups in total. The number of amides is 1. The number of pyridine rings is 1. The van der Waals surface area contributed by atoms with Crippen LogP contribution >= 0.6 is 11.8 Å². The number of carbonyl (C=O) groups is 2. The summed E-state index contributed by atoms with van der Waals surface area (Å²) in [5.74, 6) is -0.510. The molecule has 1 aromatic carbocycles. The molecule has 0 saturated carbocycles. The summed E-state index contributed by atoms with van der Waals surface area (Å²) in [5.41, 5.74) is 4.10. The molecule has 0 fully saturated rings. The SMILES string of the molecule is Cc1cc(C(=O)CSc2ccc(C(F)(F)F)cn2)c(C)n1NC(=O)c1ccccc1. The first kappa shape index (κ1) is 21.6. The predicted octanol–water partition coefficient (Wildman–Crippen LogP) is 4.88. The van der Waals surface area contributed by atoms with E-state index in [1.807, 2.05) is 6.07 Å². The highest BCUT2D eigenvalue weighted by Gasteiger charge is 2.30. The van der Waals surface area contributed by atoms with E-state index in [1.54, 1.807) is 48.9 Å². The molecule has 0 bridgehead atoms. The average Bonchev–Trinajstić information content (AvgIpc) is 3.00. The molecule has 0 aliphatic rings. The van der Waals surface area contributed by atoms with Crippen molar-refractivity contribution in [2.24, 2.45) is 0 Å². The Morgan fingerprint density at radius 1 is 1.10 bits per heavy atom. The third kappa shape index (κ3) is 4.91. The summed E-state index contributed by atoms with van der Waals surface area (Å²) < 4.78 is 39.4. The molecule has 156 valence electrons. The summed E-state index contributed by atoms with van der Waals surface area (Å²) >= 11 is 1.05. The van der Waals surface area contributed by atoms with Crippen molar-refractivity contribution < 1.29 is 22.8 Å².